The van der Waals surface area contributed by atoms with Gasteiger partial charge in [0.15, 0.2) is 0 Å². The van der Waals surface area contributed by atoms with E-state index in [4.69, 9.17) is 8.83 Å². The third-order valence-electron chi connectivity index (χ3n) is 5.79. The molecule has 0 aliphatic carbocycles. The molecule has 0 aliphatic rings. The fraction of sp³-hybridized carbons (Fsp3) is 0.292. The van der Waals surface area contributed by atoms with Gasteiger partial charge in [-0.3, -0.25) is 9.78 Å². The molecule has 1 N–H and O–H groups in total. The molecule has 0 unspecified atom stereocenters. The Hall–Kier alpha value is -3.41. The van der Waals surface area contributed by atoms with Crippen LogP contribution < -0.4 is 10.9 Å². The van der Waals surface area contributed by atoms with E-state index in [1.807, 2.05) is 45.9 Å². The summed E-state index contributed by atoms with van der Waals surface area (Å²) in [6, 6.07) is 5.73. The van der Waals surface area contributed by atoms with Crippen molar-refractivity contribution in [2.24, 2.45) is 0 Å². The highest BCUT2D eigenvalue weighted by atomic mass is 16.4. The molecule has 0 fully saturated rings. The maximum atomic E-state index is 12.7. The zero-order valence-corrected chi connectivity index (χ0v) is 17.6. The second-order valence-electron chi connectivity index (χ2n) is 7.66. The van der Waals surface area contributed by atoms with Crippen molar-refractivity contribution >= 4 is 27.8 Å². The van der Waals surface area contributed by atoms with Gasteiger partial charge in [-0.1, -0.05) is 0 Å². The smallest absolute Gasteiger partial charge is 0.339 e. The van der Waals surface area contributed by atoms with Crippen LogP contribution in [0.2, 0.25) is 0 Å². The summed E-state index contributed by atoms with van der Waals surface area (Å²) in [4.78, 5) is 28.9. The van der Waals surface area contributed by atoms with E-state index in [1.54, 1.807) is 12.4 Å². The van der Waals surface area contributed by atoms with Gasteiger partial charge in [-0.15, -0.1) is 0 Å². The number of benzene rings is 1. The topological polar surface area (TPSA) is 85.3 Å². The molecular weight excluding hydrogens is 380 g/mol. The number of hydrogen-bond donors (Lipinski definition) is 1. The lowest BCUT2D eigenvalue weighted by molar-refractivity contribution is -0.121. The molecule has 4 aromatic rings. The number of fused-ring (bicyclic) bond motifs is 2. The van der Waals surface area contributed by atoms with E-state index in [-0.39, 0.29) is 12.3 Å². The molecule has 4 rings (SSSR count). The molecule has 0 saturated heterocycles. The van der Waals surface area contributed by atoms with Crippen molar-refractivity contribution in [2.75, 3.05) is 0 Å². The van der Waals surface area contributed by atoms with Gasteiger partial charge in [0.25, 0.3) is 0 Å². The average molecular weight is 404 g/mol. The molecule has 6 nitrogen and oxygen atoms in total. The largest absolute Gasteiger partial charge is 0.461 e. The molecule has 0 bridgehead atoms. The van der Waals surface area contributed by atoms with Crippen LogP contribution in [0.25, 0.3) is 21.9 Å². The van der Waals surface area contributed by atoms with Crippen LogP contribution in [0.1, 0.15) is 40.0 Å². The van der Waals surface area contributed by atoms with Crippen LogP contribution >= 0.6 is 0 Å². The van der Waals surface area contributed by atoms with Gasteiger partial charge in [0.1, 0.15) is 16.9 Å². The molecule has 3 aromatic heterocycles. The zero-order chi connectivity index (χ0) is 21.4. The van der Waals surface area contributed by atoms with Gasteiger partial charge in [0.2, 0.25) is 5.91 Å². The molecule has 0 spiro atoms. The molecule has 1 amide bonds. The van der Waals surface area contributed by atoms with Gasteiger partial charge < -0.3 is 14.2 Å². The highest BCUT2D eigenvalue weighted by Crippen LogP contribution is 2.34. The molecule has 0 saturated carbocycles. The Bertz CT molecular complexity index is 1320. The van der Waals surface area contributed by atoms with E-state index in [9.17, 15) is 9.59 Å². The number of carbonyl (C=O) groups excluding carboxylic acids is 1. The first-order valence-electron chi connectivity index (χ1n) is 9.98. The van der Waals surface area contributed by atoms with Crippen LogP contribution in [-0.4, -0.2) is 10.9 Å². The van der Waals surface area contributed by atoms with Gasteiger partial charge in [-0.2, -0.15) is 0 Å². The van der Waals surface area contributed by atoms with Crippen molar-refractivity contribution in [1.82, 2.24) is 10.3 Å². The Labute approximate surface area is 173 Å². The Morgan fingerprint density at radius 3 is 2.37 bits per heavy atom. The second kappa shape index (κ2) is 7.78. The van der Waals surface area contributed by atoms with E-state index in [0.717, 1.165) is 44.4 Å². The molecule has 6 heteroatoms. The van der Waals surface area contributed by atoms with Gasteiger partial charge in [0, 0.05) is 47.3 Å². The number of nitrogens with one attached hydrogen (secondary N) is 1. The summed E-state index contributed by atoms with van der Waals surface area (Å²) in [5.41, 5.74) is 5.17. The average Bonchev–Trinajstić information content (AvgIpc) is 3.02. The van der Waals surface area contributed by atoms with Crippen molar-refractivity contribution in [3.8, 4) is 0 Å². The first kappa shape index (κ1) is 19.9. The summed E-state index contributed by atoms with van der Waals surface area (Å²) >= 11 is 0. The fourth-order valence-corrected chi connectivity index (χ4v) is 3.81. The van der Waals surface area contributed by atoms with E-state index in [1.165, 1.54) is 0 Å². The maximum Gasteiger partial charge on any atom is 0.339 e. The summed E-state index contributed by atoms with van der Waals surface area (Å²) < 4.78 is 11.5. The van der Waals surface area contributed by atoms with Gasteiger partial charge in [-0.05, 0) is 69.0 Å². The van der Waals surface area contributed by atoms with Crippen LogP contribution in [0.15, 0.2) is 44.2 Å². The number of nitrogens with zero attached hydrogens (tertiary/aromatic N) is 1. The lowest BCUT2D eigenvalue weighted by Gasteiger charge is -2.10. The Kier molecular flexibility index (Phi) is 5.16. The molecule has 30 heavy (non-hydrogen) atoms. The van der Waals surface area contributed by atoms with Crippen molar-refractivity contribution in [1.29, 1.82) is 0 Å². The van der Waals surface area contributed by atoms with E-state index in [0.29, 0.717) is 24.1 Å². The SMILES string of the molecule is Cc1oc2c(C)c3oc(=O)c(CCC(=O)NCc4ccncc4)c(C)c3cc2c1C. The third-order valence-corrected chi connectivity index (χ3v) is 5.79. The lowest BCUT2D eigenvalue weighted by atomic mass is 9.98. The minimum absolute atomic E-state index is 0.112. The van der Waals surface area contributed by atoms with E-state index >= 15 is 0 Å². The van der Waals surface area contributed by atoms with Crippen molar-refractivity contribution in [3.63, 3.8) is 0 Å². The Morgan fingerprint density at radius 1 is 0.967 bits per heavy atom. The standard InChI is InChI=1S/C24H24N2O4/c1-13-16(4)29-22-15(3)23-20(11-19(13)22)14(2)18(24(28)30-23)5-6-21(27)26-12-17-7-9-25-10-8-17/h7-11H,5-6,12H2,1-4H3,(H,26,27). The molecule has 0 aliphatic heterocycles. The first-order chi connectivity index (χ1) is 14.4. The number of hydrogen-bond acceptors (Lipinski definition) is 5. The van der Waals surface area contributed by atoms with Gasteiger partial charge in [-0.25, -0.2) is 4.79 Å². The lowest BCUT2D eigenvalue weighted by Crippen LogP contribution is -2.24. The predicted octanol–water partition coefficient (Wildman–Crippen LogP) is 4.42. The van der Waals surface area contributed by atoms with Crippen molar-refractivity contribution in [2.45, 2.75) is 47.1 Å². The van der Waals surface area contributed by atoms with Gasteiger partial charge in [0.05, 0.1) is 0 Å². The second-order valence-corrected chi connectivity index (χ2v) is 7.66. The van der Waals surface area contributed by atoms with E-state index < -0.39 is 5.63 Å². The van der Waals surface area contributed by atoms with Crippen LogP contribution in [0.3, 0.4) is 0 Å². The molecular formula is C24H24N2O4. The molecule has 0 radical (unpaired) electrons. The molecule has 0 atom stereocenters. The number of furan rings is 1. The quantitative estimate of drug-likeness (QED) is 0.498. The molecule has 3 heterocycles. The number of aryl methyl sites for hydroxylation is 4. The summed E-state index contributed by atoms with van der Waals surface area (Å²) in [6.45, 7) is 8.20. The molecule has 154 valence electrons. The van der Waals surface area contributed by atoms with Crippen LogP contribution in [0.4, 0.5) is 0 Å². The van der Waals surface area contributed by atoms with E-state index in [2.05, 4.69) is 10.3 Å². The van der Waals surface area contributed by atoms with Crippen LogP contribution in [0, 0.1) is 27.7 Å². The number of pyridine rings is 1. The van der Waals surface area contributed by atoms with Crippen LogP contribution in [0.5, 0.6) is 0 Å². The highest BCUT2D eigenvalue weighted by molar-refractivity contribution is 6.00. The van der Waals surface area contributed by atoms with Crippen LogP contribution in [-0.2, 0) is 17.8 Å². The summed E-state index contributed by atoms with van der Waals surface area (Å²) in [7, 11) is 0. The Balaban J connectivity index is 1.61. The monoisotopic (exact) mass is 404 g/mol. The van der Waals surface area contributed by atoms with Gasteiger partial charge >= 0.3 is 5.63 Å². The summed E-state index contributed by atoms with van der Waals surface area (Å²) in [5.74, 6) is 0.744. The first-order valence-corrected chi connectivity index (χ1v) is 9.98. The normalized spacial score (nSPS) is 11.3. The van der Waals surface area contributed by atoms with Crippen molar-refractivity contribution in [3.05, 3.63) is 74.6 Å². The highest BCUT2D eigenvalue weighted by Gasteiger charge is 2.19. The molecule has 1 aromatic carbocycles. The summed E-state index contributed by atoms with van der Waals surface area (Å²) in [5, 5.41) is 4.79. The minimum atomic E-state index is -0.399. The third kappa shape index (κ3) is 3.49. The fourth-order valence-electron chi connectivity index (χ4n) is 3.81. The number of rotatable bonds is 5. The number of aromatic nitrogens is 1. The van der Waals surface area contributed by atoms with Crippen molar-refractivity contribution < 1.29 is 13.6 Å². The zero-order valence-electron chi connectivity index (χ0n) is 17.6. The minimum Gasteiger partial charge on any atom is -0.461 e. The predicted molar refractivity (Wildman–Crippen MR) is 116 cm³/mol. The number of amides is 1. The number of carbonyl (C=O) groups is 1. The Morgan fingerprint density at radius 2 is 1.63 bits per heavy atom. The maximum absolute atomic E-state index is 12.7. The summed E-state index contributed by atoms with van der Waals surface area (Å²) in [6.07, 6.45) is 3.92.